The fourth-order valence-electron chi connectivity index (χ4n) is 1.35. The van der Waals surface area contributed by atoms with E-state index in [1.165, 1.54) is 11.3 Å². The van der Waals surface area contributed by atoms with Crippen LogP contribution in [-0.4, -0.2) is 42.2 Å². The van der Waals surface area contributed by atoms with Crippen LogP contribution in [0.1, 0.15) is 35.3 Å². The highest BCUT2D eigenvalue weighted by molar-refractivity contribution is 7.15. The van der Waals surface area contributed by atoms with Gasteiger partial charge < -0.3 is 5.11 Å². The number of nitrogens with zero attached hydrogens (tertiary/aromatic N) is 5. The molecule has 1 amide bonds. The molecule has 0 bridgehead atoms. The summed E-state index contributed by atoms with van der Waals surface area (Å²) in [6.45, 7) is 3.69. The molecular formula is C10H12N6O3S. The lowest BCUT2D eigenvalue weighted by molar-refractivity contribution is -0.116. The zero-order valence-electron chi connectivity index (χ0n) is 10.8. The van der Waals surface area contributed by atoms with E-state index in [9.17, 15) is 9.59 Å². The third-order valence-electron chi connectivity index (χ3n) is 2.31. The lowest BCUT2D eigenvalue weighted by Gasteiger charge is -2.02. The van der Waals surface area contributed by atoms with Gasteiger partial charge in [-0.2, -0.15) is 0 Å². The summed E-state index contributed by atoms with van der Waals surface area (Å²) in [6, 6.07) is 0. The molecule has 0 fully saturated rings. The first-order chi connectivity index (χ1) is 9.47. The summed E-state index contributed by atoms with van der Waals surface area (Å²) in [5.41, 5.74) is -0.153. The Kier molecular flexibility index (Phi) is 4.03. The topological polar surface area (TPSA) is 123 Å². The van der Waals surface area contributed by atoms with Gasteiger partial charge >= 0.3 is 5.97 Å². The van der Waals surface area contributed by atoms with Crippen LogP contribution in [0.15, 0.2) is 6.20 Å². The van der Waals surface area contributed by atoms with Crippen molar-refractivity contribution in [2.45, 2.75) is 26.3 Å². The van der Waals surface area contributed by atoms with Gasteiger partial charge in [-0.05, 0) is 0 Å². The second kappa shape index (κ2) is 5.74. The van der Waals surface area contributed by atoms with Gasteiger partial charge in [-0.15, -0.1) is 15.3 Å². The van der Waals surface area contributed by atoms with Crippen molar-refractivity contribution >= 4 is 28.3 Å². The van der Waals surface area contributed by atoms with E-state index >= 15 is 0 Å². The fourth-order valence-corrected chi connectivity index (χ4v) is 2.12. The summed E-state index contributed by atoms with van der Waals surface area (Å²) in [7, 11) is 0. The van der Waals surface area contributed by atoms with Crippen LogP contribution in [0.5, 0.6) is 0 Å². The number of anilines is 1. The Morgan fingerprint density at radius 2 is 2.20 bits per heavy atom. The van der Waals surface area contributed by atoms with E-state index in [2.05, 4.69) is 25.8 Å². The van der Waals surface area contributed by atoms with Gasteiger partial charge in [0.25, 0.3) is 0 Å². The maximum atomic E-state index is 11.8. The number of aromatic carboxylic acids is 1. The maximum Gasteiger partial charge on any atom is 0.355 e. The van der Waals surface area contributed by atoms with Crippen molar-refractivity contribution in [1.82, 2.24) is 25.2 Å². The number of rotatable bonds is 5. The van der Waals surface area contributed by atoms with Gasteiger partial charge in [0.15, 0.2) is 5.69 Å². The number of carboxylic acid groups (broad SMARTS) is 1. The molecule has 2 aromatic heterocycles. The van der Waals surface area contributed by atoms with Crippen molar-refractivity contribution < 1.29 is 14.7 Å². The summed E-state index contributed by atoms with van der Waals surface area (Å²) in [4.78, 5) is 22.6. The Labute approximate surface area is 117 Å². The largest absolute Gasteiger partial charge is 0.476 e. The molecule has 10 heteroatoms. The molecule has 0 aliphatic carbocycles. The van der Waals surface area contributed by atoms with Crippen molar-refractivity contribution in [2.24, 2.45) is 0 Å². The van der Waals surface area contributed by atoms with Gasteiger partial charge in [-0.3, -0.25) is 10.1 Å². The standard InChI is InChI=1S/C10H12N6O3S/c1-5(2)8-13-14-10(20-8)12-7(17)4-16-6(9(18)19)3-11-15-16/h3,5H,4H2,1-2H3,(H,18,19)(H,12,14,17). The van der Waals surface area contributed by atoms with Crippen molar-refractivity contribution in [3.63, 3.8) is 0 Å². The highest BCUT2D eigenvalue weighted by Crippen LogP contribution is 2.22. The molecule has 0 atom stereocenters. The van der Waals surface area contributed by atoms with Crippen LogP contribution in [0.25, 0.3) is 0 Å². The van der Waals surface area contributed by atoms with Gasteiger partial charge in [0.05, 0.1) is 6.20 Å². The number of aromatic nitrogens is 5. The van der Waals surface area contributed by atoms with Gasteiger partial charge in [0.1, 0.15) is 11.6 Å². The van der Waals surface area contributed by atoms with E-state index in [1.54, 1.807) is 0 Å². The van der Waals surface area contributed by atoms with Crippen LogP contribution < -0.4 is 5.32 Å². The molecule has 0 spiro atoms. The normalized spacial score (nSPS) is 10.8. The average Bonchev–Trinajstić information content (AvgIpc) is 2.97. The van der Waals surface area contributed by atoms with Crippen molar-refractivity contribution in [2.75, 3.05) is 5.32 Å². The molecule has 2 aromatic rings. The number of carboxylic acids is 1. The fraction of sp³-hybridized carbons (Fsp3) is 0.400. The van der Waals surface area contributed by atoms with E-state index in [0.29, 0.717) is 5.13 Å². The summed E-state index contributed by atoms with van der Waals surface area (Å²) in [6.07, 6.45) is 1.08. The highest BCUT2D eigenvalue weighted by Gasteiger charge is 2.16. The van der Waals surface area contributed by atoms with Gasteiger partial charge in [-0.1, -0.05) is 30.4 Å². The maximum absolute atomic E-state index is 11.8. The molecule has 0 unspecified atom stereocenters. The molecule has 20 heavy (non-hydrogen) atoms. The van der Waals surface area contributed by atoms with E-state index in [1.807, 2.05) is 13.8 Å². The summed E-state index contributed by atoms with van der Waals surface area (Å²) in [5.74, 6) is -1.41. The molecule has 0 saturated carbocycles. The van der Waals surface area contributed by atoms with Gasteiger partial charge in [0.2, 0.25) is 11.0 Å². The van der Waals surface area contributed by atoms with Crippen LogP contribution in [-0.2, 0) is 11.3 Å². The SMILES string of the molecule is CC(C)c1nnc(NC(=O)Cn2nncc2C(=O)O)s1. The number of carbonyl (C=O) groups is 2. The summed E-state index contributed by atoms with van der Waals surface area (Å²) >= 11 is 1.28. The second-order valence-electron chi connectivity index (χ2n) is 4.23. The molecule has 9 nitrogen and oxygen atoms in total. The van der Waals surface area contributed by atoms with Gasteiger partial charge in [0, 0.05) is 5.92 Å². The molecular weight excluding hydrogens is 284 g/mol. The molecule has 0 radical (unpaired) electrons. The molecule has 0 aliphatic heterocycles. The van der Waals surface area contributed by atoms with Gasteiger partial charge in [-0.25, -0.2) is 9.48 Å². The Morgan fingerprint density at radius 3 is 2.80 bits per heavy atom. The number of carbonyl (C=O) groups excluding carboxylic acids is 1. The van der Waals surface area contributed by atoms with Crippen molar-refractivity contribution in [3.8, 4) is 0 Å². The summed E-state index contributed by atoms with van der Waals surface area (Å²) < 4.78 is 1.00. The van der Waals surface area contributed by atoms with Crippen LogP contribution in [0.3, 0.4) is 0 Å². The molecule has 106 valence electrons. The van der Waals surface area contributed by atoms with E-state index in [0.717, 1.165) is 15.9 Å². The lowest BCUT2D eigenvalue weighted by atomic mass is 10.2. The summed E-state index contributed by atoms with van der Waals surface area (Å²) in [5, 5.41) is 27.4. The average molecular weight is 296 g/mol. The minimum atomic E-state index is -1.19. The molecule has 0 aromatic carbocycles. The number of amides is 1. The third-order valence-corrected chi connectivity index (χ3v) is 3.45. The van der Waals surface area contributed by atoms with Crippen LogP contribution >= 0.6 is 11.3 Å². The van der Waals surface area contributed by atoms with Crippen molar-refractivity contribution in [1.29, 1.82) is 0 Å². The first kappa shape index (κ1) is 14.1. The Bertz CT molecular complexity index is 634. The lowest BCUT2D eigenvalue weighted by Crippen LogP contribution is -2.22. The van der Waals surface area contributed by atoms with E-state index < -0.39 is 11.9 Å². The van der Waals surface area contributed by atoms with Crippen molar-refractivity contribution in [3.05, 3.63) is 16.9 Å². The molecule has 0 saturated heterocycles. The second-order valence-corrected chi connectivity index (χ2v) is 5.24. The van der Waals surface area contributed by atoms with E-state index in [-0.39, 0.29) is 18.2 Å². The molecule has 2 heterocycles. The number of hydrogen-bond donors (Lipinski definition) is 2. The van der Waals surface area contributed by atoms with Crippen LogP contribution in [0.2, 0.25) is 0 Å². The first-order valence-electron chi connectivity index (χ1n) is 5.72. The predicted octanol–water partition coefficient (Wildman–Crippen LogP) is 0.590. The Hall–Kier alpha value is -2.36. The third kappa shape index (κ3) is 3.15. The quantitative estimate of drug-likeness (QED) is 0.827. The minimum Gasteiger partial charge on any atom is -0.476 e. The van der Waals surface area contributed by atoms with E-state index in [4.69, 9.17) is 5.11 Å². The minimum absolute atomic E-state index is 0.153. The Balaban J connectivity index is 2.01. The smallest absolute Gasteiger partial charge is 0.355 e. The predicted molar refractivity (Wildman–Crippen MR) is 69.6 cm³/mol. The zero-order valence-corrected chi connectivity index (χ0v) is 11.6. The first-order valence-corrected chi connectivity index (χ1v) is 6.54. The number of hydrogen-bond acceptors (Lipinski definition) is 7. The Morgan fingerprint density at radius 1 is 1.45 bits per heavy atom. The highest BCUT2D eigenvalue weighted by atomic mass is 32.1. The number of nitrogens with one attached hydrogen (secondary N) is 1. The molecule has 2 N–H and O–H groups in total. The monoisotopic (exact) mass is 296 g/mol. The molecule has 2 rings (SSSR count). The zero-order chi connectivity index (χ0) is 14.7. The van der Waals surface area contributed by atoms with Crippen LogP contribution in [0.4, 0.5) is 5.13 Å². The van der Waals surface area contributed by atoms with Crippen LogP contribution in [0, 0.1) is 0 Å². The molecule has 0 aliphatic rings.